The summed E-state index contributed by atoms with van der Waals surface area (Å²) in [5.74, 6) is -2.39. The SMILES string of the molecule is CCCCC/C=C\C/C=C\CCCCCCCC(=O)OCC(O)COP(=O)(O)OCC(NC(=O)CCCCCCCCCCCCC)C(=O)O. The molecule has 12 heteroatoms. The van der Waals surface area contributed by atoms with Gasteiger partial charge in [-0.1, -0.05) is 134 Å². The Morgan fingerprint density at radius 1 is 0.640 bits per heavy atom. The predicted molar refractivity (Wildman–Crippen MR) is 199 cm³/mol. The van der Waals surface area contributed by atoms with Crippen molar-refractivity contribution in [3.63, 3.8) is 0 Å². The van der Waals surface area contributed by atoms with Crippen molar-refractivity contribution in [1.29, 1.82) is 0 Å². The zero-order chi connectivity index (χ0) is 37.1. The Kier molecular flexibility index (Phi) is 32.7. The topological polar surface area (TPSA) is 169 Å². The largest absolute Gasteiger partial charge is 0.480 e. The van der Waals surface area contributed by atoms with Gasteiger partial charge in [-0.25, -0.2) is 9.36 Å². The fourth-order valence-electron chi connectivity index (χ4n) is 5.17. The number of aliphatic carboxylic acids is 1. The molecule has 0 aliphatic heterocycles. The van der Waals surface area contributed by atoms with E-state index < -0.39 is 57.6 Å². The van der Waals surface area contributed by atoms with Crippen LogP contribution in [0.5, 0.6) is 0 Å². The number of nitrogens with one attached hydrogen (secondary N) is 1. The van der Waals surface area contributed by atoms with Crippen LogP contribution in [0.2, 0.25) is 0 Å². The fourth-order valence-corrected chi connectivity index (χ4v) is 5.94. The van der Waals surface area contributed by atoms with Gasteiger partial charge in [0.05, 0.1) is 13.2 Å². The van der Waals surface area contributed by atoms with Gasteiger partial charge in [-0.15, -0.1) is 0 Å². The van der Waals surface area contributed by atoms with E-state index >= 15 is 0 Å². The van der Waals surface area contributed by atoms with Crippen LogP contribution in [0, 0.1) is 0 Å². The van der Waals surface area contributed by atoms with Crippen LogP contribution >= 0.6 is 7.82 Å². The second kappa shape index (κ2) is 34.1. The molecule has 0 aliphatic carbocycles. The molecule has 0 radical (unpaired) electrons. The van der Waals surface area contributed by atoms with Gasteiger partial charge in [-0.3, -0.25) is 18.6 Å². The van der Waals surface area contributed by atoms with Crippen molar-refractivity contribution in [3.8, 4) is 0 Å². The second-order valence-corrected chi connectivity index (χ2v) is 14.6. The van der Waals surface area contributed by atoms with Gasteiger partial charge in [0.15, 0.2) is 6.04 Å². The highest BCUT2D eigenvalue weighted by atomic mass is 31.2. The zero-order valence-corrected chi connectivity index (χ0v) is 32.1. The molecule has 0 rings (SSSR count). The molecule has 0 fully saturated rings. The zero-order valence-electron chi connectivity index (χ0n) is 31.2. The van der Waals surface area contributed by atoms with Gasteiger partial charge in [0, 0.05) is 12.8 Å². The minimum atomic E-state index is -4.75. The summed E-state index contributed by atoms with van der Waals surface area (Å²) in [7, 11) is -4.75. The predicted octanol–water partition coefficient (Wildman–Crippen LogP) is 9.11. The van der Waals surface area contributed by atoms with E-state index in [2.05, 4.69) is 43.5 Å². The van der Waals surface area contributed by atoms with Crippen LogP contribution in [0.1, 0.15) is 168 Å². The molecular weight excluding hydrogens is 661 g/mol. The number of aliphatic hydroxyl groups excluding tert-OH is 1. The maximum atomic E-state index is 12.2. The van der Waals surface area contributed by atoms with Gasteiger partial charge in [-0.05, 0) is 44.9 Å². The standard InChI is InChI=1S/C38H70NO10P/c1-3-5-7-9-11-13-15-16-17-18-20-22-24-26-28-30-37(42)47-31-34(40)32-48-50(45,46)49-33-35(38(43)44)39-36(41)29-27-25-23-21-19-14-12-10-8-6-4-2/h11,13,16-17,34-35,40H,3-10,12,14-15,18-33H2,1-2H3,(H,39,41)(H,43,44)(H,45,46)/b13-11-,17-16-. The van der Waals surface area contributed by atoms with Gasteiger partial charge < -0.3 is 25.2 Å². The molecule has 0 bridgehead atoms. The van der Waals surface area contributed by atoms with Crippen LogP contribution in [-0.2, 0) is 32.7 Å². The quantitative estimate of drug-likeness (QED) is 0.0211. The normalized spacial score (nSPS) is 14.2. The monoisotopic (exact) mass is 731 g/mol. The molecule has 0 heterocycles. The molecular formula is C38H70NO10P. The molecule has 0 aromatic rings. The second-order valence-electron chi connectivity index (χ2n) is 13.1. The van der Waals surface area contributed by atoms with Crippen molar-refractivity contribution in [2.75, 3.05) is 19.8 Å². The van der Waals surface area contributed by atoms with E-state index in [9.17, 15) is 34.1 Å². The molecule has 0 saturated heterocycles. The summed E-state index contributed by atoms with van der Waals surface area (Å²) in [6.45, 7) is 2.52. The van der Waals surface area contributed by atoms with Crippen LogP contribution in [-0.4, -0.2) is 64.9 Å². The Morgan fingerprint density at radius 2 is 1.10 bits per heavy atom. The number of carboxylic acid groups (broad SMARTS) is 1. The van der Waals surface area contributed by atoms with Crippen molar-refractivity contribution in [1.82, 2.24) is 5.32 Å². The van der Waals surface area contributed by atoms with Gasteiger partial charge in [0.25, 0.3) is 0 Å². The van der Waals surface area contributed by atoms with Crippen molar-refractivity contribution in [2.24, 2.45) is 0 Å². The summed E-state index contributed by atoms with van der Waals surface area (Å²) in [4.78, 5) is 45.6. The van der Waals surface area contributed by atoms with Gasteiger partial charge >= 0.3 is 19.8 Å². The van der Waals surface area contributed by atoms with Crippen molar-refractivity contribution >= 4 is 25.7 Å². The molecule has 292 valence electrons. The summed E-state index contributed by atoms with van der Waals surface area (Å²) >= 11 is 0. The molecule has 4 N–H and O–H groups in total. The van der Waals surface area contributed by atoms with E-state index in [1.54, 1.807) is 0 Å². The first-order valence-electron chi connectivity index (χ1n) is 19.4. The van der Waals surface area contributed by atoms with Gasteiger partial charge in [0.2, 0.25) is 5.91 Å². The Balaban J connectivity index is 3.96. The lowest BCUT2D eigenvalue weighted by Gasteiger charge is -2.18. The molecule has 3 unspecified atom stereocenters. The number of phosphoric ester groups is 1. The first-order valence-corrected chi connectivity index (χ1v) is 20.9. The molecule has 3 atom stereocenters. The number of amides is 1. The smallest absolute Gasteiger partial charge is 0.472 e. The van der Waals surface area contributed by atoms with Crippen molar-refractivity contribution < 1.29 is 47.8 Å². The number of carbonyl (C=O) groups is 3. The molecule has 0 saturated carbocycles. The number of allylic oxidation sites excluding steroid dienone is 4. The van der Waals surface area contributed by atoms with E-state index in [-0.39, 0.29) is 12.8 Å². The molecule has 11 nitrogen and oxygen atoms in total. The summed E-state index contributed by atoms with van der Waals surface area (Å²) in [6.07, 6.45) is 32.1. The Bertz CT molecular complexity index is 958. The number of ether oxygens (including phenoxy) is 1. The van der Waals surface area contributed by atoms with Crippen LogP contribution in [0.4, 0.5) is 0 Å². The summed E-state index contributed by atoms with van der Waals surface area (Å²) < 4.78 is 26.7. The van der Waals surface area contributed by atoms with E-state index in [1.807, 2.05) is 0 Å². The van der Waals surface area contributed by atoms with E-state index in [1.165, 1.54) is 64.2 Å². The fraction of sp³-hybridized carbons (Fsp3) is 0.816. The maximum Gasteiger partial charge on any atom is 0.472 e. The first-order chi connectivity index (χ1) is 24.1. The average molecular weight is 732 g/mol. The number of phosphoric acid groups is 1. The van der Waals surface area contributed by atoms with Crippen molar-refractivity contribution in [3.05, 3.63) is 24.3 Å². The lowest BCUT2D eigenvalue weighted by Crippen LogP contribution is -2.43. The molecule has 50 heavy (non-hydrogen) atoms. The lowest BCUT2D eigenvalue weighted by atomic mass is 10.1. The number of rotatable bonds is 36. The highest BCUT2D eigenvalue weighted by Gasteiger charge is 2.28. The van der Waals surface area contributed by atoms with Crippen LogP contribution in [0.3, 0.4) is 0 Å². The minimum Gasteiger partial charge on any atom is -0.480 e. The summed E-state index contributed by atoms with van der Waals surface area (Å²) in [5, 5.41) is 21.7. The number of esters is 1. The minimum absolute atomic E-state index is 0.147. The number of unbranched alkanes of at least 4 members (excludes halogenated alkanes) is 18. The van der Waals surface area contributed by atoms with E-state index in [0.29, 0.717) is 12.8 Å². The number of aliphatic hydroxyl groups is 1. The van der Waals surface area contributed by atoms with Crippen LogP contribution in [0.25, 0.3) is 0 Å². The van der Waals surface area contributed by atoms with Crippen molar-refractivity contribution in [2.45, 2.75) is 180 Å². The van der Waals surface area contributed by atoms with Gasteiger partial charge in [0.1, 0.15) is 12.7 Å². The van der Waals surface area contributed by atoms with Crippen LogP contribution in [0.15, 0.2) is 24.3 Å². The molecule has 0 spiro atoms. The summed E-state index contributed by atoms with van der Waals surface area (Å²) in [5.41, 5.74) is 0. The third-order valence-electron chi connectivity index (χ3n) is 8.24. The number of hydrogen-bond acceptors (Lipinski definition) is 8. The van der Waals surface area contributed by atoms with E-state index in [0.717, 1.165) is 64.2 Å². The Hall–Kier alpha value is -2.04. The number of carbonyl (C=O) groups excluding carboxylic acids is 2. The highest BCUT2D eigenvalue weighted by Crippen LogP contribution is 2.43. The first kappa shape index (κ1) is 48.0. The number of hydrogen-bond donors (Lipinski definition) is 4. The lowest BCUT2D eigenvalue weighted by molar-refractivity contribution is -0.147. The molecule has 0 aliphatic rings. The average Bonchev–Trinajstić information content (AvgIpc) is 3.08. The third-order valence-corrected chi connectivity index (χ3v) is 9.19. The molecule has 0 aromatic heterocycles. The molecule has 1 amide bonds. The summed E-state index contributed by atoms with van der Waals surface area (Å²) in [6, 6.07) is -1.54. The maximum absolute atomic E-state index is 12.2. The van der Waals surface area contributed by atoms with Gasteiger partial charge in [-0.2, -0.15) is 0 Å². The molecule has 0 aromatic carbocycles. The van der Waals surface area contributed by atoms with Crippen LogP contribution < -0.4 is 5.32 Å². The Morgan fingerprint density at radius 3 is 1.66 bits per heavy atom. The highest BCUT2D eigenvalue weighted by molar-refractivity contribution is 7.47. The Labute approximate surface area is 302 Å². The third kappa shape index (κ3) is 33.1. The van der Waals surface area contributed by atoms with E-state index in [4.69, 9.17) is 13.8 Å². The number of carboxylic acids is 1.